The van der Waals surface area contributed by atoms with Crippen LogP contribution in [0.3, 0.4) is 0 Å². The quantitative estimate of drug-likeness (QED) is 0.170. The maximum atomic E-state index is 10.7. The largest absolute Gasteiger partial charge is 3.00 e. The van der Waals surface area contributed by atoms with E-state index in [9.17, 15) is 19.2 Å². The molecule has 0 aromatic heterocycles. The Kier molecular flexibility index (Phi) is 17.1. The van der Waals surface area contributed by atoms with E-state index in [1.54, 1.807) is 0 Å². The minimum absolute atomic E-state index is 0. The Morgan fingerprint density at radius 1 is 0.480 bits per heavy atom. The normalized spacial score (nSPS) is 11.0. The van der Waals surface area contributed by atoms with Gasteiger partial charge in [0.2, 0.25) is 0 Å². The summed E-state index contributed by atoms with van der Waals surface area (Å²) < 4.78 is 17.0. The van der Waals surface area contributed by atoms with Crippen LogP contribution in [0.5, 0.6) is 0 Å². The summed E-state index contributed by atoms with van der Waals surface area (Å²) in [7, 11) is 4.59. The summed E-state index contributed by atoms with van der Waals surface area (Å²) >= 11 is 18.1. The third-order valence-electron chi connectivity index (χ3n) is 1.90. The molecule has 8 nitrogen and oxygen atoms in total. The van der Waals surface area contributed by atoms with Crippen molar-refractivity contribution < 1.29 is 54.6 Å². The fourth-order valence-corrected chi connectivity index (χ4v) is 1.41. The van der Waals surface area contributed by atoms with Crippen LogP contribution in [0, 0.1) is 0 Å². The third-order valence-corrected chi connectivity index (χ3v) is 3.64. The molecule has 25 heavy (non-hydrogen) atoms. The molecule has 0 spiro atoms. The van der Waals surface area contributed by atoms with E-state index >= 15 is 0 Å². The van der Waals surface area contributed by atoms with Crippen LogP contribution < -0.4 is 0 Å². The number of hydrogen-bond donors (Lipinski definition) is 0. The van der Waals surface area contributed by atoms with Crippen molar-refractivity contribution in [3.05, 3.63) is 19.6 Å². The number of methoxy groups -OCH3 is 4. The summed E-state index contributed by atoms with van der Waals surface area (Å²) in [6.07, 6.45) is 0. The molecule has 143 valence electrons. The average molecular weight is 471 g/mol. The number of carbonyl (C=O) groups excluding carboxylic acids is 4. The predicted molar refractivity (Wildman–Crippen MR) is 91.6 cm³/mol. The van der Waals surface area contributed by atoms with Gasteiger partial charge in [0.25, 0.3) is 0 Å². The van der Waals surface area contributed by atoms with Gasteiger partial charge < -0.3 is 69.5 Å². The Labute approximate surface area is 176 Å². The molecular weight excluding hydrogens is 459 g/mol. The smallest absolute Gasteiger partial charge is 0.774 e. The summed E-state index contributed by atoms with van der Waals surface area (Å²) in [5.74, 6) is -3.22. The first-order chi connectivity index (χ1) is 11.1. The van der Waals surface area contributed by atoms with Crippen molar-refractivity contribution in [3.63, 3.8) is 0 Å². The summed E-state index contributed by atoms with van der Waals surface area (Å²) in [6, 6.07) is 0. The molecule has 0 aromatic carbocycles. The molecule has 0 atom stereocenters. The first-order valence-corrected chi connectivity index (χ1v) is 7.22. The van der Waals surface area contributed by atoms with Gasteiger partial charge in [0.1, 0.15) is 0 Å². The molecule has 0 rings (SSSR count). The molecule has 0 bridgehead atoms. The maximum Gasteiger partial charge on any atom is 3.00 e. The fraction of sp³-hybridized carbons (Fsp3) is 0.333. The molecule has 0 saturated carbocycles. The standard InChI is InChI=1S/2C6H8O4S2.Ni/c2*1-9-5(7)3(11)4(12)6(8)10-2;/h2*11-12H,1-2H3;/q;;+3/p-4. The number of ether oxygens (including phenoxy) is 4. The number of rotatable bonds is 4. The molecule has 13 heteroatoms. The van der Waals surface area contributed by atoms with Crippen LogP contribution >= 0.6 is 0 Å². The van der Waals surface area contributed by atoms with Crippen LogP contribution in [0.2, 0.25) is 0 Å². The summed E-state index contributed by atoms with van der Waals surface area (Å²) in [6.45, 7) is 0. The molecule has 0 amide bonds. The van der Waals surface area contributed by atoms with Crippen molar-refractivity contribution in [2.75, 3.05) is 28.4 Å². The molecule has 1 radical (unpaired) electrons. The van der Waals surface area contributed by atoms with Crippen LogP contribution in [0.25, 0.3) is 0 Å². The SMILES string of the molecule is COC(=O)C([S-])=C([S-])C(=O)OC.COC(=O)C([S-])=C([S-])C(=O)OC.[Ni+3]. The van der Waals surface area contributed by atoms with E-state index < -0.39 is 23.9 Å². The summed E-state index contributed by atoms with van der Waals surface area (Å²) in [5, 5.41) is 0. The first-order valence-electron chi connectivity index (χ1n) is 5.58. The second-order valence-corrected chi connectivity index (χ2v) is 4.92. The topological polar surface area (TPSA) is 105 Å². The Morgan fingerprint density at radius 2 is 0.600 bits per heavy atom. The van der Waals surface area contributed by atoms with Crippen LogP contribution in [0.1, 0.15) is 0 Å². The Morgan fingerprint density at radius 3 is 0.680 bits per heavy atom. The van der Waals surface area contributed by atoms with Crippen LogP contribution in [0.15, 0.2) is 19.6 Å². The maximum absolute atomic E-state index is 10.7. The Hall–Kier alpha value is -1.27. The zero-order valence-electron chi connectivity index (χ0n) is 13.2. The molecule has 0 heterocycles. The Balaban J connectivity index is -0.000000372. The minimum atomic E-state index is -0.805. The van der Waals surface area contributed by atoms with E-state index in [1.165, 1.54) is 0 Å². The van der Waals surface area contributed by atoms with Gasteiger partial charge in [-0.05, 0) is 0 Å². The van der Waals surface area contributed by atoms with Crippen molar-refractivity contribution in [3.8, 4) is 0 Å². The Bertz CT molecular complexity index is 475. The second-order valence-electron chi connectivity index (χ2n) is 3.28. The van der Waals surface area contributed by atoms with Crippen molar-refractivity contribution >= 4 is 74.4 Å². The van der Waals surface area contributed by atoms with Gasteiger partial charge in [-0.3, -0.25) is 0 Å². The van der Waals surface area contributed by atoms with E-state index in [2.05, 4.69) is 69.5 Å². The average Bonchev–Trinajstić information content (AvgIpc) is 2.62. The van der Waals surface area contributed by atoms with Gasteiger partial charge in [-0.25, -0.2) is 19.2 Å². The molecule has 0 N–H and O–H groups in total. The van der Waals surface area contributed by atoms with E-state index in [-0.39, 0.29) is 36.1 Å². The zero-order valence-corrected chi connectivity index (χ0v) is 17.5. The van der Waals surface area contributed by atoms with Crippen LogP contribution in [0.4, 0.5) is 0 Å². The van der Waals surface area contributed by atoms with Crippen LogP contribution in [-0.2, 0) is 105 Å². The van der Waals surface area contributed by atoms with E-state index in [0.29, 0.717) is 0 Å². The van der Waals surface area contributed by atoms with E-state index in [1.807, 2.05) is 0 Å². The third kappa shape index (κ3) is 10.3. The van der Waals surface area contributed by atoms with Gasteiger partial charge in [0, 0.05) is 0 Å². The van der Waals surface area contributed by atoms with Crippen molar-refractivity contribution in [1.82, 2.24) is 0 Å². The van der Waals surface area contributed by atoms with Crippen molar-refractivity contribution in [1.29, 1.82) is 0 Å². The molecule has 0 fully saturated rings. The van der Waals surface area contributed by atoms with Gasteiger partial charge in [0.15, 0.2) is 0 Å². The predicted octanol–water partition coefficient (Wildman–Crippen LogP) is -0.727. The monoisotopic (exact) mass is 470 g/mol. The van der Waals surface area contributed by atoms with Gasteiger partial charge in [0.05, 0.1) is 28.4 Å². The molecule has 0 saturated heterocycles. The zero-order chi connectivity index (χ0) is 19.4. The molecule has 0 aliphatic rings. The fourth-order valence-electron chi connectivity index (χ4n) is 0.742. The first kappa shape index (κ1) is 28.5. The summed E-state index contributed by atoms with van der Waals surface area (Å²) in [5.41, 5.74) is 0. The number of esters is 4. The van der Waals surface area contributed by atoms with E-state index in [4.69, 9.17) is 0 Å². The van der Waals surface area contributed by atoms with Gasteiger partial charge in [-0.1, -0.05) is 0 Å². The molecule has 0 aliphatic carbocycles. The van der Waals surface area contributed by atoms with Crippen LogP contribution in [-0.4, -0.2) is 52.3 Å². The second kappa shape index (κ2) is 15.0. The van der Waals surface area contributed by atoms with Gasteiger partial charge >= 0.3 is 40.4 Å². The van der Waals surface area contributed by atoms with Crippen molar-refractivity contribution in [2.45, 2.75) is 0 Å². The number of carbonyl (C=O) groups is 4. The van der Waals surface area contributed by atoms with Gasteiger partial charge in [-0.2, -0.15) is 0 Å². The van der Waals surface area contributed by atoms with E-state index in [0.717, 1.165) is 28.4 Å². The number of hydrogen-bond acceptors (Lipinski definition) is 12. The molecular formula is C12H12NiO8S4-. The minimum Gasteiger partial charge on any atom is -0.774 e. The molecule has 0 unspecified atom stereocenters. The molecule has 0 aromatic rings. The van der Waals surface area contributed by atoms with Gasteiger partial charge in [-0.15, -0.1) is 19.6 Å². The van der Waals surface area contributed by atoms with Crippen molar-refractivity contribution in [2.24, 2.45) is 0 Å². The summed E-state index contributed by atoms with van der Waals surface area (Å²) in [4.78, 5) is 41.5. The molecule has 0 aliphatic heterocycles.